The van der Waals surface area contributed by atoms with Gasteiger partial charge in [0.15, 0.2) is 0 Å². The molecule has 0 radical (unpaired) electrons. The van der Waals surface area contributed by atoms with E-state index >= 15 is 0 Å². The van der Waals surface area contributed by atoms with Gasteiger partial charge in [0.05, 0.1) is 7.11 Å². The molecule has 0 amide bonds. The van der Waals surface area contributed by atoms with E-state index in [1.54, 1.807) is 12.1 Å². The van der Waals surface area contributed by atoms with E-state index < -0.39 is 11.6 Å². The molecule has 0 saturated carbocycles. The van der Waals surface area contributed by atoms with Crippen LogP contribution in [-0.4, -0.2) is 13.1 Å². The lowest BCUT2D eigenvalue weighted by Gasteiger charge is -2.18. The molecule has 0 fully saturated rings. The van der Waals surface area contributed by atoms with E-state index in [0.29, 0.717) is 5.56 Å². The maximum Gasteiger partial charge on any atom is 0.348 e. The fourth-order valence-corrected chi connectivity index (χ4v) is 1.58. The lowest BCUT2D eigenvalue weighted by atomic mass is 9.96. The van der Waals surface area contributed by atoms with E-state index in [2.05, 4.69) is 11.7 Å². The average molecular weight is 224 g/mol. The number of rotatable bonds is 4. The topological polar surface area (TPSA) is 26.3 Å². The third kappa shape index (κ3) is 2.60. The van der Waals surface area contributed by atoms with Gasteiger partial charge >= 0.3 is 5.97 Å². The standard InChI is InChI=1S/C13H17FO2/c1-4-5-10-6-8-11(9-7-10)13(2,14)12(15)16-3/h6-9H,4-5H2,1-3H3. The number of carbonyl (C=O) groups excluding carboxylic acids is 1. The van der Waals surface area contributed by atoms with Crippen molar-refractivity contribution < 1.29 is 13.9 Å². The number of carbonyl (C=O) groups is 1. The van der Waals surface area contributed by atoms with Gasteiger partial charge in [0, 0.05) is 5.56 Å². The zero-order valence-corrected chi connectivity index (χ0v) is 9.92. The van der Waals surface area contributed by atoms with Crippen LogP contribution < -0.4 is 0 Å². The minimum atomic E-state index is -2.07. The zero-order valence-electron chi connectivity index (χ0n) is 9.92. The van der Waals surface area contributed by atoms with Gasteiger partial charge in [-0.25, -0.2) is 9.18 Å². The number of hydrogen-bond donors (Lipinski definition) is 0. The first-order valence-corrected chi connectivity index (χ1v) is 5.39. The second-order valence-corrected chi connectivity index (χ2v) is 3.94. The molecule has 0 aliphatic heterocycles. The van der Waals surface area contributed by atoms with Crippen molar-refractivity contribution in [2.24, 2.45) is 0 Å². The fourth-order valence-electron chi connectivity index (χ4n) is 1.58. The lowest BCUT2D eigenvalue weighted by molar-refractivity contribution is -0.154. The maximum absolute atomic E-state index is 14.1. The third-order valence-corrected chi connectivity index (χ3v) is 2.60. The first-order valence-electron chi connectivity index (χ1n) is 5.39. The molecule has 16 heavy (non-hydrogen) atoms. The molecular formula is C13H17FO2. The quantitative estimate of drug-likeness (QED) is 0.735. The Morgan fingerprint density at radius 2 is 1.94 bits per heavy atom. The molecule has 0 N–H and O–H groups in total. The Balaban J connectivity index is 2.92. The third-order valence-electron chi connectivity index (χ3n) is 2.60. The van der Waals surface area contributed by atoms with E-state index in [1.807, 2.05) is 12.1 Å². The van der Waals surface area contributed by atoms with Crippen molar-refractivity contribution in [3.63, 3.8) is 0 Å². The molecule has 0 aliphatic carbocycles. The summed E-state index contributed by atoms with van der Waals surface area (Å²) in [7, 11) is 1.19. The van der Waals surface area contributed by atoms with Crippen LogP contribution in [-0.2, 0) is 21.6 Å². The number of benzene rings is 1. The highest BCUT2D eigenvalue weighted by atomic mass is 19.1. The molecular weight excluding hydrogens is 207 g/mol. The van der Waals surface area contributed by atoms with Crippen molar-refractivity contribution in [3.8, 4) is 0 Å². The summed E-state index contributed by atoms with van der Waals surface area (Å²) in [5.41, 5.74) is -0.592. The van der Waals surface area contributed by atoms with Crippen molar-refractivity contribution in [2.45, 2.75) is 32.4 Å². The molecule has 0 spiro atoms. The molecule has 0 bridgehead atoms. The van der Waals surface area contributed by atoms with Crippen molar-refractivity contribution in [1.29, 1.82) is 0 Å². The summed E-state index contributed by atoms with van der Waals surface area (Å²) in [6.07, 6.45) is 2.00. The van der Waals surface area contributed by atoms with Crippen LogP contribution in [0.1, 0.15) is 31.4 Å². The van der Waals surface area contributed by atoms with Crippen LogP contribution in [0.2, 0.25) is 0 Å². The summed E-state index contributed by atoms with van der Waals surface area (Å²) in [6.45, 7) is 3.30. The first kappa shape index (κ1) is 12.7. The van der Waals surface area contributed by atoms with Gasteiger partial charge < -0.3 is 4.74 Å². The molecule has 0 saturated heterocycles. The molecule has 0 aliphatic rings. The molecule has 2 nitrogen and oxygen atoms in total. The molecule has 88 valence electrons. The Morgan fingerprint density at radius 3 is 2.38 bits per heavy atom. The van der Waals surface area contributed by atoms with Crippen molar-refractivity contribution >= 4 is 5.97 Å². The molecule has 1 aromatic carbocycles. The minimum absolute atomic E-state index is 0.333. The highest BCUT2D eigenvalue weighted by Gasteiger charge is 2.36. The number of halogens is 1. The van der Waals surface area contributed by atoms with Crippen LogP contribution >= 0.6 is 0 Å². The van der Waals surface area contributed by atoms with Gasteiger partial charge in [0.1, 0.15) is 0 Å². The molecule has 0 heterocycles. The number of aryl methyl sites for hydroxylation is 1. The summed E-state index contributed by atoms with van der Waals surface area (Å²) in [5, 5.41) is 0. The number of alkyl halides is 1. The largest absolute Gasteiger partial charge is 0.466 e. The molecule has 1 aromatic rings. The summed E-state index contributed by atoms with van der Waals surface area (Å²) >= 11 is 0. The monoisotopic (exact) mass is 224 g/mol. The van der Waals surface area contributed by atoms with Gasteiger partial charge in [-0.1, -0.05) is 37.6 Å². The van der Waals surface area contributed by atoms with Crippen molar-refractivity contribution in [2.75, 3.05) is 7.11 Å². The number of methoxy groups -OCH3 is 1. The Bertz CT molecular complexity index is 355. The van der Waals surface area contributed by atoms with Crippen LogP contribution in [0.5, 0.6) is 0 Å². The van der Waals surface area contributed by atoms with Crippen LogP contribution in [0, 0.1) is 0 Å². The van der Waals surface area contributed by atoms with E-state index in [0.717, 1.165) is 18.4 Å². The second kappa shape index (κ2) is 5.10. The first-order chi connectivity index (χ1) is 7.52. The average Bonchev–Trinajstić information content (AvgIpc) is 2.29. The Hall–Kier alpha value is -1.38. The lowest BCUT2D eigenvalue weighted by Crippen LogP contribution is -2.28. The number of esters is 1. The molecule has 1 rings (SSSR count). The SMILES string of the molecule is CCCc1ccc(C(C)(F)C(=O)OC)cc1. The number of hydrogen-bond acceptors (Lipinski definition) is 2. The van der Waals surface area contributed by atoms with Gasteiger partial charge in [0.2, 0.25) is 5.67 Å². The summed E-state index contributed by atoms with van der Waals surface area (Å²) in [6, 6.07) is 6.98. The Labute approximate surface area is 95.4 Å². The summed E-state index contributed by atoms with van der Waals surface area (Å²) < 4.78 is 18.5. The molecule has 1 unspecified atom stereocenters. The van der Waals surface area contributed by atoms with Crippen LogP contribution in [0.3, 0.4) is 0 Å². The van der Waals surface area contributed by atoms with E-state index in [-0.39, 0.29) is 0 Å². The van der Waals surface area contributed by atoms with Crippen LogP contribution in [0.4, 0.5) is 4.39 Å². The van der Waals surface area contributed by atoms with Crippen LogP contribution in [0.15, 0.2) is 24.3 Å². The maximum atomic E-state index is 14.1. The van der Waals surface area contributed by atoms with Crippen molar-refractivity contribution in [1.82, 2.24) is 0 Å². The zero-order chi connectivity index (χ0) is 12.2. The Kier molecular flexibility index (Phi) is 4.05. The highest BCUT2D eigenvalue weighted by molar-refractivity contribution is 5.80. The highest BCUT2D eigenvalue weighted by Crippen LogP contribution is 2.27. The smallest absolute Gasteiger partial charge is 0.348 e. The fraction of sp³-hybridized carbons (Fsp3) is 0.462. The number of ether oxygens (including phenoxy) is 1. The van der Waals surface area contributed by atoms with Gasteiger partial charge in [-0.3, -0.25) is 0 Å². The normalized spacial score (nSPS) is 14.2. The minimum Gasteiger partial charge on any atom is -0.466 e. The molecule has 3 heteroatoms. The van der Waals surface area contributed by atoms with E-state index in [1.165, 1.54) is 14.0 Å². The van der Waals surface area contributed by atoms with Crippen LogP contribution in [0.25, 0.3) is 0 Å². The van der Waals surface area contributed by atoms with Gasteiger partial charge in [-0.2, -0.15) is 0 Å². The summed E-state index contributed by atoms with van der Waals surface area (Å²) in [5.74, 6) is -0.865. The van der Waals surface area contributed by atoms with Gasteiger partial charge in [-0.05, 0) is 18.9 Å². The predicted octanol–water partition coefficient (Wildman–Crippen LogP) is 3.00. The van der Waals surface area contributed by atoms with Crippen molar-refractivity contribution in [3.05, 3.63) is 35.4 Å². The van der Waals surface area contributed by atoms with E-state index in [9.17, 15) is 9.18 Å². The second-order valence-electron chi connectivity index (χ2n) is 3.94. The van der Waals surface area contributed by atoms with E-state index in [4.69, 9.17) is 0 Å². The summed E-state index contributed by atoms with van der Waals surface area (Å²) in [4.78, 5) is 11.2. The Morgan fingerprint density at radius 1 is 1.38 bits per heavy atom. The van der Waals surface area contributed by atoms with Gasteiger partial charge in [-0.15, -0.1) is 0 Å². The molecule has 0 aromatic heterocycles. The predicted molar refractivity (Wildman–Crippen MR) is 60.9 cm³/mol. The molecule has 1 atom stereocenters. The van der Waals surface area contributed by atoms with Gasteiger partial charge in [0.25, 0.3) is 0 Å².